The second-order valence-corrected chi connectivity index (χ2v) is 2.72. The van der Waals surface area contributed by atoms with Gasteiger partial charge in [-0.15, -0.1) is 0 Å². The van der Waals surface area contributed by atoms with E-state index in [2.05, 4.69) is 9.47 Å². The van der Waals surface area contributed by atoms with Crippen LogP contribution in [0.3, 0.4) is 0 Å². The minimum absolute atomic E-state index is 0.0648. The first kappa shape index (κ1) is 12.7. The Bertz CT molecular complexity index is 43.5. The average molecular weight is 220 g/mol. The Labute approximate surface area is 70.2 Å². The fourth-order valence-corrected chi connectivity index (χ4v) is 0.0962. The molecule has 0 aliphatic rings. The Kier molecular flexibility index (Phi) is 16.5. The summed E-state index contributed by atoms with van der Waals surface area (Å²) in [7, 11) is 12.6. The molecule has 0 amide bonds. The molecule has 9 heavy (non-hydrogen) atoms. The standard InChI is InChI=1S/C4H10O2.2ClH.Ni/c1-4(5-2)6-3;;;/h4H,1-3H3;2*1H;/q;;;+2/p-2. The van der Waals surface area contributed by atoms with Crippen molar-refractivity contribution in [3.05, 3.63) is 0 Å². The van der Waals surface area contributed by atoms with Crippen LogP contribution in [0, 0.1) is 0 Å². The normalized spacial score (nSPS) is 9.11. The van der Waals surface area contributed by atoms with Gasteiger partial charge in [0.2, 0.25) is 0 Å². The molecule has 0 aromatic carbocycles. The SMILES string of the molecule is COC(C)OC.[Cl][Ni][Cl]. The van der Waals surface area contributed by atoms with Gasteiger partial charge in [-0.3, -0.25) is 0 Å². The molecule has 0 atom stereocenters. The van der Waals surface area contributed by atoms with E-state index in [1.165, 1.54) is 0 Å². The van der Waals surface area contributed by atoms with Gasteiger partial charge < -0.3 is 9.47 Å². The number of rotatable bonds is 2. The van der Waals surface area contributed by atoms with Crippen molar-refractivity contribution >= 4 is 20.4 Å². The Hall–Kier alpha value is 0.994. The van der Waals surface area contributed by atoms with Crippen LogP contribution in [0.1, 0.15) is 6.92 Å². The van der Waals surface area contributed by atoms with E-state index < -0.39 is 0 Å². The van der Waals surface area contributed by atoms with Gasteiger partial charge in [0.15, 0.2) is 6.29 Å². The molecule has 0 rings (SSSR count). The molecular formula is C4H10Cl2NiO2. The molecule has 0 heterocycles. The summed E-state index contributed by atoms with van der Waals surface area (Å²) < 4.78 is 9.35. The molecule has 0 radical (unpaired) electrons. The molecule has 5 heteroatoms. The van der Waals surface area contributed by atoms with Gasteiger partial charge in [0.1, 0.15) is 0 Å². The van der Waals surface area contributed by atoms with Crippen LogP contribution in [0.25, 0.3) is 0 Å². The number of halogens is 2. The Balaban J connectivity index is 0. The molecule has 0 N–H and O–H groups in total. The minimum atomic E-state index is -0.0648. The maximum absolute atomic E-state index is 4.70. The second kappa shape index (κ2) is 11.7. The van der Waals surface area contributed by atoms with Crippen LogP contribution in [-0.4, -0.2) is 20.5 Å². The number of hydrogen-bond donors (Lipinski definition) is 0. The molecule has 0 fully saturated rings. The third kappa shape index (κ3) is 17.6. The van der Waals surface area contributed by atoms with Crippen LogP contribution < -0.4 is 0 Å². The molecule has 0 aromatic heterocycles. The quantitative estimate of drug-likeness (QED) is 0.523. The summed E-state index contributed by atoms with van der Waals surface area (Å²) >= 11 is 0.569. The van der Waals surface area contributed by atoms with Crippen LogP contribution in [0.15, 0.2) is 0 Å². The molecule has 0 unspecified atom stereocenters. The van der Waals surface area contributed by atoms with Crippen molar-refractivity contribution in [2.24, 2.45) is 0 Å². The first-order chi connectivity index (χ1) is 4.22. The molecule has 0 aliphatic carbocycles. The van der Waals surface area contributed by atoms with Crippen molar-refractivity contribution in [3.63, 3.8) is 0 Å². The van der Waals surface area contributed by atoms with Crippen molar-refractivity contribution in [1.29, 1.82) is 0 Å². The molecule has 62 valence electrons. The Morgan fingerprint density at radius 3 is 1.44 bits per heavy atom. The van der Waals surface area contributed by atoms with Crippen molar-refractivity contribution in [3.8, 4) is 0 Å². The Morgan fingerprint density at radius 2 is 1.44 bits per heavy atom. The van der Waals surface area contributed by atoms with Gasteiger partial charge in [-0.25, -0.2) is 0 Å². The van der Waals surface area contributed by atoms with Crippen LogP contribution in [0.5, 0.6) is 0 Å². The molecule has 0 spiro atoms. The monoisotopic (exact) mass is 218 g/mol. The molecule has 0 saturated heterocycles. The number of methoxy groups -OCH3 is 2. The van der Waals surface area contributed by atoms with Crippen LogP contribution >= 0.6 is 20.4 Å². The van der Waals surface area contributed by atoms with E-state index in [0.717, 1.165) is 0 Å². The predicted molar refractivity (Wildman–Crippen MR) is 35.2 cm³/mol. The molecule has 0 aromatic rings. The predicted octanol–water partition coefficient (Wildman–Crippen LogP) is 2.00. The van der Waals surface area contributed by atoms with Crippen molar-refractivity contribution in [2.75, 3.05) is 14.2 Å². The van der Waals surface area contributed by atoms with E-state index in [1.807, 2.05) is 6.92 Å². The fourth-order valence-electron chi connectivity index (χ4n) is 0.0962. The molecule has 0 bridgehead atoms. The van der Waals surface area contributed by atoms with Gasteiger partial charge in [-0.1, -0.05) is 0 Å². The van der Waals surface area contributed by atoms with Gasteiger partial charge in [0, 0.05) is 14.2 Å². The van der Waals surface area contributed by atoms with Crippen molar-refractivity contribution < 1.29 is 22.1 Å². The first-order valence-corrected chi connectivity index (χ1v) is 4.82. The number of hydrogen-bond acceptors (Lipinski definition) is 2. The molecule has 0 saturated carbocycles. The fraction of sp³-hybridized carbons (Fsp3) is 1.00. The summed E-state index contributed by atoms with van der Waals surface area (Å²) in [6.45, 7) is 1.83. The first-order valence-electron chi connectivity index (χ1n) is 2.10. The summed E-state index contributed by atoms with van der Waals surface area (Å²) in [5, 5.41) is 0. The zero-order valence-electron chi connectivity index (χ0n) is 5.47. The van der Waals surface area contributed by atoms with Crippen LogP contribution in [0.2, 0.25) is 0 Å². The van der Waals surface area contributed by atoms with Gasteiger partial charge in [-0.2, -0.15) is 0 Å². The summed E-state index contributed by atoms with van der Waals surface area (Å²) in [5.41, 5.74) is 0. The molecule has 0 aliphatic heterocycles. The van der Waals surface area contributed by atoms with Crippen molar-refractivity contribution in [2.45, 2.75) is 13.2 Å². The zero-order valence-corrected chi connectivity index (χ0v) is 7.97. The van der Waals surface area contributed by atoms with E-state index in [9.17, 15) is 0 Å². The van der Waals surface area contributed by atoms with E-state index in [4.69, 9.17) is 20.4 Å². The van der Waals surface area contributed by atoms with Crippen LogP contribution in [0.4, 0.5) is 0 Å². The van der Waals surface area contributed by atoms with Gasteiger partial charge in [-0.05, 0) is 6.92 Å². The third-order valence-corrected chi connectivity index (χ3v) is 0.664. The van der Waals surface area contributed by atoms with Gasteiger partial charge >= 0.3 is 33.0 Å². The van der Waals surface area contributed by atoms with E-state index in [-0.39, 0.29) is 6.29 Å². The second-order valence-electron chi connectivity index (χ2n) is 1.08. The van der Waals surface area contributed by atoms with E-state index in [0.29, 0.717) is 12.7 Å². The van der Waals surface area contributed by atoms with Gasteiger partial charge in [0.25, 0.3) is 0 Å². The van der Waals surface area contributed by atoms with Crippen LogP contribution in [-0.2, 0) is 22.1 Å². The average Bonchev–Trinajstić information content (AvgIpc) is 1.88. The molecule has 2 nitrogen and oxygen atoms in total. The van der Waals surface area contributed by atoms with Gasteiger partial charge in [0.05, 0.1) is 0 Å². The van der Waals surface area contributed by atoms with E-state index >= 15 is 0 Å². The zero-order chi connectivity index (χ0) is 7.70. The number of ether oxygens (including phenoxy) is 2. The Morgan fingerprint density at radius 1 is 1.22 bits per heavy atom. The summed E-state index contributed by atoms with van der Waals surface area (Å²) in [4.78, 5) is 0. The van der Waals surface area contributed by atoms with E-state index in [1.54, 1.807) is 14.2 Å². The summed E-state index contributed by atoms with van der Waals surface area (Å²) in [6.07, 6.45) is -0.0648. The summed E-state index contributed by atoms with van der Waals surface area (Å²) in [6, 6.07) is 0. The van der Waals surface area contributed by atoms with Crippen molar-refractivity contribution in [1.82, 2.24) is 0 Å². The topological polar surface area (TPSA) is 18.5 Å². The molecular weight excluding hydrogens is 210 g/mol. The summed E-state index contributed by atoms with van der Waals surface area (Å²) in [5.74, 6) is 0. The maximum atomic E-state index is 4.70. The third-order valence-electron chi connectivity index (χ3n) is 0.664.